The second-order valence-electron chi connectivity index (χ2n) is 8.33. The molecule has 2 rings (SSSR count). The predicted octanol–water partition coefficient (Wildman–Crippen LogP) is 3.57. The molecule has 1 aromatic rings. The van der Waals surface area contributed by atoms with Crippen LogP contribution in [0, 0.1) is 5.41 Å². The van der Waals surface area contributed by atoms with Crippen molar-refractivity contribution in [3.05, 3.63) is 33.4 Å². The lowest BCUT2D eigenvalue weighted by Crippen LogP contribution is -2.50. The molecule has 2 unspecified atom stereocenters. The number of urea groups is 1. The minimum Gasteiger partial charge on any atom is -0.503 e. The molecule has 170 valence electrons. The molecule has 1 heterocycles. The second-order valence-corrected chi connectivity index (χ2v) is 9.18. The van der Waals surface area contributed by atoms with Gasteiger partial charge in [-0.1, -0.05) is 20.8 Å². The Morgan fingerprint density at radius 2 is 1.94 bits per heavy atom. The number of amides is 2. The second kappa shape index (κ2) is 9.17. The maximum atomic E-state index is 13.2. The van der Waals surface area contributed by atoms with Crippen molar-refractivity contribution in [1.82, 2.24) is 10.2 Å². The monoisotopic (exact) mass is 498 g/mol. The zero-order valence-corrected chi connectivity index (χ0v) is 19.9. The van der Waals surface area contributed by atoms with E-state index < -0.39 is 36.7 Å². The van der Waals surface area contributed by atoms with Crippen LogP contribution in [0.25, 0.3) is 0 Å². The van der Waals surface area contributed by atoms with Crippen molar-refractivity contribution in [2.24, 2.45) is 5.41 Å². The van der Waals surface area contributed by atoms with Crippen LogP contribution in [0.15, 0.2) is 27.9 Å². The molecule has 0 aromatic heterocycles. The Labute approximate surface area is 189 Å². The Bertz CT molecular complexity index is 936. The van der Waals surface area contributed by atoms with Gasteiger partial charge in [-0.15, -0.1) is 0 Å². The van der Waals surface area contributed by atoms with Crippen molar-refractivity contribution in [2.75, 3.05) is 13.7 Å². The number of methoxy groups -OCH3 is 1. The number of benzene rings is 1. The van der Waals surface area contributed by atoms with E-state index in [0.29, 0.717) is 10.0 Å². The van der Waals surface area contributed by atoms with Crippen molar-refractivity contribution in [1.29, 1.82) is 0 Å². The molecule has 9 nitrogen and oxygen atoms in total. The fraction of sp³-hybridized carbons (Fsp3) is 0.476. The number of carbonyl (C=O) groups excluding carboxylic acids is 2. The molecule has 0 aliphatic carbocycles. The van der Waals surface area contributed by atoms with Crippen LogP contribution in [0.5, 0.6) is 11.5 Å². The molecule has 2 amide bonds. The van der Waals surface area contributed by atoms with E-state index in [0.717, 1.165) is 4.90 Å². The number of hydrogen-bond donors (Lipinski definition) is 3. The molecular weight excluding hydrogens is 472 g/mol. The van der Waals surface area contributed by atoms with Crippen LogP contribution in [0.2, 0.25) is 0 Å². The third-order valence-corrected chi connectivity index (χ3v) is 5.82. The molecule has 31 heavy (non-hydrogen) atoms. The number of carboxylic acids is 1. The van der Waals surface area contributed by atoms with Crippen LogP contribution in [-0.2, 0) is 14.3 Å². The highest BCUT2D eigenvalue weighted by atomic mass is 79.9. The summed E-state index contributed by atoms with van der Waals surface area (Å²) in [6, 6.07) is 1.42. The third kappa shape index (κ3) is 5.30. The highest BCUT2D eigenvalue weighted by Crippen LogP contribution is 2.40. The predicted molar refractivity (Wildman–Crippen MR) is 116 cm³/mol. The number of allylic oxidation sites excluding steroid dienone is 1. The molecule has 0 bridgehead atoms. The van der Waals surface area contributed by atoms with E-state index in [1.807, 2.05) is 20.8 Å². The average molecular weight is 499 g/mol. The van der Waals surface area contributed by atoms with Gasteiger partial charge in [-0.3, -0.25) is 9.69 Å². The fourth-order valence-electron chi connectivity index (χ4n) is 2.94. The molecule has 1 aliphatic rings. The maximum absolute atomic E-state index is 13.2. The maximum Gasteiger partial charge on any atom is 0.338 e. The van der Waals surface area contributed by atoms with Crippen LogP contribution < -0.4 is 10.1 Å². The number of aliphatic carboxylic acids is 1. The lowest BCUT2D eigenvalue weighted by atomic mass is 9.90. The number of nitrogens with zero attached hydrogens (tertiary/aromatic N) is 1. The molecule has 0 spiro atoms. The van der Waals surface area contributed by atoms with E-state index in [1.54, 1.807) is 13.0 Å². The number of esters is 1. The number of hydrogen-bond acceptors (Lipinski definition) is 6. The number of carboxylic acid groups (broad SMARTS) is 1. The molecule has 1 aliphatic heterocycles. The van der Waals surface area contributed by atoms with Gasteiger partial charge in [0.25, 0.3) is 0 Å². The van der Waals surface area contributed by atoms with Gasteiger partial charge in [0.15, 0.2) is 11.5 Å². The first-order valence-corrected chi connectivity index (χ1v) is 10.3. The number of halogens is 1. The normalized spacial score (nSPS) is 17.8. The fourth-order valence-corrected chi connectivity index (χ4v) is 3.40. The molecule has 0 saturated carbocycles. The standard InChI is InChI=1S/C21H27BrN2O7/c1-10-16(19(28)31-11(2)21(3,4)5)17(23-20(29)24(10)9-15(25)26)12-7-13(22)18(27)14(8-12)30-6/h7-8,11,17,27H,9H2,1-6H3,(H,23,29)(H,25,26). The van der Waals surface area contributed by atoms with Gasteiger partial charge >= 0.3 is 18.0 Å². The summed E-state index contributed by atoms with van der Waals surface area (Å²) in [5, 5.41) is 22.0. The number of nitrogens with one attached hydrogen (secondary N) is 1. The zero-order chi connectivity index (χ0) is 23.7. The van der Waals surface area contributed by atoms with Crippen LogP contribution in [-0.4, -0.2) is 52.8 Å². The van der Waals surface area contributed by atoms with E-state index in [-0.39, 0.29) is 28.2 Å². The van der Waals surface area contributed by atoms with Crippen molar-refractivity contribution in [3.8, 4) is 11.5 Å². The number of phenols is 1. The molecule has 3 N–H and O–H groups in total. The van der Waals surface area contributed by atoms with Crippen molar-refractivity contribution < 1.29 is 34.1 Å². The summed E-state index contributed by atoms with van der Waals surface area (Å²) in [5.41, 5.74) is 0.380. The van der Waals surface area contributed by atoms with E-state index >= 15 is 0 Å². The van der Waals surface area contributed by atoms with Crippen molar-refractivity contribution in [3.63, 3.8) is 0 Å². The molecule has 2 atom stereocenters. The van der Waals surface area contributed by atoms with E-state index in [9.17, 15) is 24.6 Å². The SMILES string of the molecule is COc1cc(C2NC(=O)N(CC(=O)O)C(C)=C2C(=O)OC(C)C(C)(C)C)cc(Br)c1O. The molecule has 0 fully saturated rings. The van der Waals surface area contributed by atoms with E-state index in [1.165, 1.54) is 20.1 Å². The summed E-state index contributed by atoms with van der Waals surface area (Å²) in [6.07, 6.45) is -0.451. The van der Waals surface area contributed by atoms with E-state index in [2.05, 4.69) is 21.2 Å². The number of aromatic hydroxyl groups is 1. The summed E-state index contributed by atoms with van der Waals surface area (Å²) in [5.74, 6) is -1.90. The number of rotatable bonds is 6. The largest absolute Gasteiger partial charge is 0.503 e. The van der Waals surface area contributed by atoms with Gasteiger partial charge in [-0.2, -0.15) is 0 Å². The first kappa shape index (κ1) is 24.5. The van der Waals surface area contributed by atoms with Crippen LogP contribution in [0.4, 0.5) is 4.79 Å². The summed E-state index contributed by atoms with van der Waals surface area (Å²) in [6.45, 7) is 8.42. The van der Waals surface area contributed by atoms with Gasteiger partial charge in [0, 0.05) is 5.70 Å². The molecule has 0 saturated heterocycles. The number of carbonyl (C=O) groups is 3. The third-order valence-electron chi connectivity index (χ3n) is 5.22. The molecule has 10 heteroatoms. The first-order valence-electron chi connectivity index (χ1n) is 9.55. The van der Waals surface area contributed by atoms with Gasteiger partial charge in [-0.05, 0) is 52.9 Å². The first-order chi connectivity index (χ1) is 14.3. The minimum atomic E-state index is -1.22. The Morgan fingerprint density at radius 3 is 2.45 bits per heavy atom. The van der Waals surface area contributed by atoms with Gasteiger partial charge in [-0.25, -0.2) is 9.59 Å². The van der Waals surface area contributed by atoms with Crippen LogP contribution in [0.3, 0.4) is 0 Å². The molecule has 0 radical (unpaired) electrons. The summed E-state index contributed by atoms with van der Waals surface area (Å²) >= 11 is 3.24. The summed E-state index contributed by atoms with van der Waals surface area (Å²) < 4.78 is 11.1. The Balaban J connectivity index is 2.62. The van der Waals surface area contributed by atoms with Crippen LogP contribution >= 0.6 is 15.9 Å². The van der Waals surface area contributed by atoms with Gasteiger partial charge in [0.1, 0.15) is 12.6 Å². The Kier molecular flexibility index (Phi) is 7.25. The van der Waals surface area contributed by atoms with Gasteiger partial charge in [0.2, 0.25) is 0 Å². The highest BCUT2D eigenvalue weighted by Gasteiger charge is 2.39. The van der Waals surface area contributed by atoms with Crippen molar-refractivity contribution in [2.45, 2.75) is 46.8 Å². The number of ether oxygens (including phenoxy) is 2. The highest BCUT2D eigenvalue weighted by molar-refractivity contribution is 9.10. The van der Waals surface area contributed by atoms with Gasteiger partial charge < -0.3 is 25.0 Å². The molecule has 1 aromatic carbocycles. The quantitative estimate of drug-likeness (QED) is 0.511. The zero-order valence-electron chi connectivity index (χ0n) is 18.3. The van der Waals surface area contributed by atoms with Crippen LogP contribution in [0.1, 0.15) is 46.2 Å². The lowest BCUT2D eigenvalue weighted by Gasteiger charge is -2.36. The van der Waals surface area contributed by atoms with Crippen molar-refractivity contribution >= 4 is 33.9 Å². The average Bonchev–Trinajstić information content (AvgIpc) is 2.65. The van der Waals surface area contributed by atoms with E-state index in [4.69, 9.17) is 9.47 Å². The molecular formula is C21H27BrN2O7. The number of phenolic OH excluding ortho intramolecular Hbond substituents is 1. The van der Waals surface area contributed by atoms with Gasteiger partial charge in [0.05, 0.1) is 23.2 Å². The Hall–Kier alpha value is -2.75. The summed E-state index contributed by atoms with van der Waals surface area (Å²) in [4.78, 5) is 38.1. The Morgan fingerprint density at radius 1 is 1.32 bits per heavy atom. The lowest BCUT2D eigenvalue weighted by molar-refractivity contribution is -0.149. The summed E-state index contributed by atoms with van der Waals surface area (Å²) in [7, 11) is 1.38. The topological polar surface area (TPSA) is 125 Å². The minimum absolute atomic E-state index is 0.0941. The smallest absolute Gasteiger partial charge is 0.338 e.